The Morgan fingerprint density at radius 2 is 2.44 bits per heavy atom. The second-order valence-corrected chi connectivity index (χ2v) is 1.84. The zero-order valence-corrected chi connectivity index (χ0v) is 5.28. The van der Waals surface area contributed by atoms with Crippen LogP contribution in [0.15, 0.2) is 29.2 Å². The second-order valence-electron chi connectivity index (χ2n) is 1.84. The summed E-state index contributed by atoms with van der Waals surface area (Å²) in [6.45, 7) is 0. The third kappa shape index (κ3) is 1.60. The van der Waals surface area contributed by atoms with Gasteiger partial charge in [-0.1, -0.05) is 0 Å². The maximum atomic E-state index is 5.38. The fourth-order valence-electron chi connectivity index (χ4n) is 0.517. The van der Waals surface area contributed by atoms with Gasteiger partial charge in [-0.25, -0.2) is 4.99 Å². The summed E-state index contributed by atoms with van der Waals surface area (Å²) in [7, 11) is 1.90. The van der Waals surface area contributed by atoms with Gasteiger partial charge in [-0.2, -0.15) is 0 Å². The first-order valence-corrected chi connectivity index (χ1v) is 2.69. The van der Waals surface area contributed by atoms with Crippen molar-refractivity contribution in [2.45, 2.75) is 0 Å². The molecular weight excluding hydrogens is 114 g/mol. The number of aliphatic imine (C=N–C) groups is 1. The summed E-state index contributed by atoms with van der Waals surface area (Å²) >= 11 is 0. The smallest absolute Gasteiger partial charge is 0.125 e. The molecule has 2 N–H and O–H groups in total. The summed E-state index contributed by atoms with van der Waals surface area (Å²) < 4.78 is 0. The van der Waals surface area contributed by atoms with Crippen LogP contribution < -0.4 is 5.73 Å². The van der Waals surface area contributed by atoms with E-state index >= 15 is 0 Å². The minimum atomic E-state index is 0.538. The van der Waals surface area contributed by atoms with Crippen molar-refractivity contribution in [1.29, 1.82) is 0 Å². The highest BCUT2D eigenvalue weighted by Crippen LogP contribution is 1.92. The topological polar surface area (TPSA) is 41.6 Å². The van der Waals surface area contributed by atoms with E-state index in [0.717, 1.165) is 0 Å². The van der Waals surface area contributed by atoms with Crippen LogP contribution in [0.5, 0.6) is 0 Å². The normalized spacial score (nSPS) is 17.4. The molecule has 1 heterocycles. The first-order chi connectivity index (χ1) is 4.29. The Labute approximate surface area is 54.2 Å². The molecule has 0 saturated heterocycles. The van der Waals surface area contributed by atoms with E-state index in [0.29, 0.717) is 5.82 Å². The molecule has 0 radical (unpaired) electrons. The van der Waals surface area contributed by atoms with Gasteiger partial charge in [-0.3, -0.25) is 0 Å². The predicted molar refractivity (Wildman–Crippen MR) is 37.7 cm³/mol. The van der Waals surface area contributed by atoms with Crippen LogP contribution in [0.3, 0.4) is 0 Å². The Bertz CT molecular complexity index is 179. The first-order valence-electron chi connectivity index (χ1n) is 2.69. The third-order valence-electron chi connectivity index (χ3n) is 0.977. The van der Waals surface area contributed by atoms with E-state index in [1.54, 1.807) is 12.4 Å². The Hall–Kier alpha value is -1.25. The van der Waals surface area contributed by atoms with Gasteiger partial charge in [-0.15, -0.1) is 0 Å². The van der Waals surface area contributed by atoms with Crippen LogP contribution in [0.1, 0.15) is 0 Å². The highest BCUT2D eigenvalue weighted by molar-refractivity contribution is 5.58. The fourth-order valence-corrected chi connectivity index (χ4v) is 0.517. The highest BCUT2D eigenvalue weighted by Gasteiger charge is 1.87. The summed E-state index contributed by atoms with van der Waals surface area (Å²) in [5.74, 6) is 0.538. The molecule has 0 aliphatic carbocycles. The molecule has 0 spiro atoms. The molecule has 0 aromatic rings. The van der Waals surface area contributed by atoms with E-state index < -0.39 is 0 Å². The van der Waals surface area contributed by atoms with Crippen LogP contribution in [0.25, 0.3) is 0 Å². The van der Waals surface area contributed by atoms with Crippen molar-refractivity contribution in [3.05, 3.63) is 24.2 Å². The van der Waals surface area contributed by atoms with Gasteiger partial charge in [0.05, 0.1) is 6.34 Å². The van der Waals surface area contributed by atoms with Crippen molar-refractivity contribution in [1.82, 2.24) is 4.90 Å². The average molecular weight is 123 g/mol. The Balaban J connectivity index is 2.75. The molecule has 3 heteroatoms. The molecule has 3 nitrogen and oxygen atoms in total. The largest absolute Gasteiger partial charge is 0.384 e. The van der Waals surface area contributed by atoms with Crippen LogP contribution in [0.4, 0.5) is 0 Å². The van der Waals surface area contributed by atoms with Gasteiger partial charge < -0.3 is 10.6 Å². The summed E-state index contributed by atoms with van der Waals surface area (Å²) in [6.07, 6.45) is 7.14. The molecule has 0 fully saturated rings. The standard InChI is InChI=1S/C6H9N3/c1-9-4-2-3-6(7)8-5-9/h2-5H,7H2,1H3. The van der Waals surface area contributed by atoms with E-state index in [4.69, 9.17) is 5.73 Å². The minimum Gasteiger partial charge on any atom is -0.384 e. The van der Waals surface area contributed by atoms with Crippen LogP contribution in [-0.2, 0) is 0 Å². The van der Waals surface area contributed by atoms with Crippen molar-refractivity contribution < 1.29 is 0 Å². The maximum absolute atomic E-state index is 5.38. The summed E-state index contributed by atoms with van der Waals surface area (Å²) in [4.78, 5) is 5.71. The molecule has 0 saturated carbocycles. The first kappa shape index (κ1) is 5.88. The molecule has 0 unspecified atom stereocenters. The lowest BCUT2D eigenvalue weighted by Gasteiger charge is -2.01. The van der Waals surface area contributed by atoms with Crippen LogP contribution in [0, 0.1) is 0 Å². The van der Waals surface area contributed by atoms with Crippen LogP contribution in [0.2, 0.25) is 0 Å². The molecule has 1 rings (SSSR count). The van der Waals surface area contributed by atoms with Crippen molar-refractivity contribution in [3.63, 3.8) is 0 Å². The quantitative estimate of drug-likeness (QED) is 0.502. The lowest BCUT2D eigenvalue weighted by Crippen LogP contribution is -2.06. The van der Waals surface area contributed by atoms with Crippen LogP contribution >= 0.6 is 0 Å². The van der Waals surface area contributed by atoms with Gasteiger partial charge in [-0.05, 0) is 12.2 Å². The van der Waals surface area contributed by atoms with E-state index in [1.807, 2.05) is 24.2 Å². The SMILES string of the molecule is CN1C=CC=C(N)N=C1. The van der Waals surface area contributed by atoms with E-state index in [2.05, 4.69) is 4.99 Å². The average Bonchev–Trinajstić information content (AvgIpc) is 1.97. The van der Waals surface area contributed by atoms with Crippen molar-refractivity contribution in [2.24, 2.45) is 10.7 Å². The molecule has 0 aromatic heterocycles. The summed E-state index contributed by atoms with van der Waals surface area (Å²) in [5, 5.41) is 0. The molecule has 0 atom stereocenters. The number of nitrogens with two attached hydrogens (primary N) is 1. The lowest BCUT2D eigenvalue weighted by molar-refractivity contribution is 0.711. The number of hydrogen-bond acceptors (Lipinski definition) is 3. The number of nitrogens with zero attached hydrogens (tertiary/aromatic N) is 2. The molecule has 1 aliphatic rings. The van der Waals surface area contributed by atoms with Gasteiger partial charge in [0, 0.05) is 13.2 Å². The van der Waals surface area contributed by atoms with E-state index in [9.17, 15) is 0 Å². The molecule has 48 valence electrons. The zero-order chi connectivity index (χ0) is 6.69. The number of rotatable bonds is 0. The van der Waals surface area contributed by atoms with Gasteiger partial charge in [0.15, 0.2) is 0 Å². The van der Waals surface area contributed by atoms with Gasteiger partial charge >= 0.3 is 0 Å². The molecule has 1 aliphatic heterocycles. The van der Waals surface area contributed by atoms with Crippen molar-refractivity contribution in [3.8, 4) is 0 Å². The van der Waals surface area contributed by atoms with Gasteiger partial charge in [0.1, 0.15) is 5.82 Å². The molecule has 0 aromatic carbocycles. The van der Waals surface area contributed by atoms with Crippen LogP contribution in [-0.4, -0.2) is 18.3 Å². The number of hydrogen-bond donors (Lipinski definition) is 1. The number of allylic oxidation sites excluding steroid dienone is 2. The van der Waals surface area contributed by atoms with Crippen molar-refractivity contribution in [2.75, 3.05) is 7.05 Å². The minimum absolute atomic E-state index is 0.538. The lowest BCUT2D eigenvalue weighted by atomic mass is 10.5. The second kappa shape index (κ2) is 2.35. The predicted octanol–water partition coefficient (Wildman–Crippen LogP) is 0.274. The highest BCUT2D eigenvalue weighted by atomic mass is 15.1. The molecular formula is C6H9N3. The molecule has 0 bridgehead atoms. The van der Waals surface area contributed by atoms with E-state index in [-0.39, 0.29) is 0 Å². The summed E-state index contributed by atoms with van der Waals surface area (Å²) in [5.41, 5.74) is 5.38. The Morgan fingerprint density at radius 3 is 3.22 bits per heavy atom. The van der Waals surface area contributed by atoms with E-state index in [1.165, 1.54) is 0 Å². The van der Waals surface area contributed by atoms with Gasteiger partial charge in [0.25, 0.3) is 0 Å². The third-order valence-corrected chi connectivity index (χ3v) is 0.977. The molecule has 0 amide bonds. The Kier molecular flexibility index (Phi) is 1.53. The molecule has 9 heavy (non-hydrogen) atoms. The maximum Gasteiger partial charge on any atom is 0.125 e. The Morgan fingerprint density at radius 1 is 1.67 bits per heavy atom. The zero-order valence-electron chi connectivity index (χ0n) is 5.28. The van der Waals surface area contributed by atoms with Crippen molar-refractivity contribution >= 4 is 6.34 Å². The monoisotopic (exact) mass is 123 g/mol. The summed E-state index contributed by atoms with van der Waals surface area (Å²) in [6, 6.07) is 0. The fraction of sp³-hybridized carbons (Fsp3) is 0.167. The van der Waals surface area contributed by atoms with Gasteiger partial charge in [0.2, 0.25) is 0 Å².